The molecule has 3 nitrogen and oxygen atoms in total. The molecule has 0 saturated carbocycles. The second-order valence-corrected chi connectivity index (χ2v) is 5.44. The molecule has 1 N–H and O–H groups in total. The summed E-state index contributed by atoms with van der Waals surface area (Å²) in [4.78, 5) is 2.38. The summed E-state index contributed by atoms with van der Waals surface area (Å²) in [6.07, 6.45) is 0. The average molecular weight is 294 g/mol. The van der Waals surface area contributed by atoms with E-state index in [4.69, 9.17) is 5.26 Å². The molecule has 2 unspecified atom stereocenters. The highest BCUT2D eigenvalue weighted by Gasteiger charge is 2.22. The van der Waals surface area contributed by atoms with Crippen LogP contribution in [-0.4, -0.2) is 25.2 Å². The van der Waals surface area contributed by atoms with Crippen molar-refractivity contribution in [3.63, 3.8) is 0 Å². The first-order valence-corrected chi connectivity index (χ1v) is 6.61. The minimum absolute atomic E-state index is 0.478. The topological polar surface area (TPSA) is 39.1 Å². The monoisotopic (exact) mass is 293 g/mol. The van der Waals surface area contributed by atoms with Gasteiger partial charge < -0.3 is 10.2 Å². The summed E-state index contributed by atoms with van der Waals surface area (Å²) < 4.78 is 0.871. The molecular formula is C13H16BrN3. The van der Waals surface area contributed by atoms with Crippen LogP contribution in [0, 0.1) is 11.3 Å². The molecule has 90 valence electrons. The van der Waals surface area contributed by atoms with Gasteiger partial charge in [0.25, 0.3) is 0 Å². The summed E-state index contributed by atoms with van der Waals surface area (Å²) in [7, 11) is 0. The number of rotatable bonds is 1. The van der Waals surface area contributed by atoms with Gasteiger partial charge in [-0.2, -0.15) is 5.26 Å². The van der Waals surface area contributed by atoms with Crippen LogP contribution in [0.1, 0.15) is 19.4 Å². The summed E-state index contributed by atoms with van der Waals surface area (Å²) in [6, 6.07) is 9.08. The van der Waals surface area contributed by atoms with Gasteiger partial charge in [-0.3, -0.25) is 0 Å². The summed E-state index contributed by atoms with van der Waals surface area (Å²) in [6.45, 7) is 6.40. The number of hydrogen-bond acceptors (Lipinski definition) is 3. The Kier molecular flexibility index (Phi) is 3.70. The highest BCUT2D eigenvalue weighted by molar-refractivity contribution is 9.10. The SMILES string of the molecule is CC1CN(c2ccc(C#N)c(Br)c2)C(C)CN1. The van der Waals surface area contributed by atoms with Gasteiger partial charge >= 0.3 is 0 Å². The zero-order valence-electron chi connectivity index (χ0n) is 10.1. The molecule has 1 saturated heterocycles. The molecule has 1 aromatic rings. The Morgan fingerprint density at radius 3 is 2.88 bits per heavy atom. The van der Waals surface area contributed by atoms with Crippen LogP contribution in [0.25, 0.3) is 0 Å². The maximum absolute atomic E-state index is 8.91. The van der Waals surface area contributed by atoms with E-state index in [0.29, 0.717) is 17.6 Å². The molecule has 1 aliphatic heterocycles. The molecule has 0 aliphatic carbocycles. The lowest BCUT2D eigenvalue weighted by Crippen LogP contribution is -2.54. The Morgan fingerprint density at radius 2 is 2.24 bits per heavy atom. The van der Waals surface area contributed by atoms with E-state index < -0.39 is 0 Å². The minimum Gasteiger partial charge on any atom is -0.366 e. The normalized spacial score (nSPS) is 24.5. The van der Waals surface area contributed by atoms with Crippen LogP contribution in [-0.2, 0) is 0 Å². The molecule has 0 radical (unpaired) electrons. The number of benzene rings is 1. The van der Waals surface area contributed by atoms with Crippen molar-refractivity contribution in [3.8, 4) is 6.07 Å². The predicted molar refractivity (Wildman–Crippen MR) is 73.1 cm³/mol. The first-order chi connectivity index (χ1) is 8.11. The van der Waals surface area contributed by atoms with Crippen molar-refractivity contribution in [2.75, 3.05) is 18.0 Å². The van der Waals surface area contributed by atoms with Crippen molar-refractivity contribution in [3.05, 3.63) is 28.2 Å². The van der Waals surface area contributed by atoms with Gasteiger partial charge in [-0.1, -0.05) is 0 Å². The van der Waals surface area contributed by atoms with Gasteiger partial charge in [0.1, 0.15) is 6.07 Å². The largest absolute Gasteiger partial charge is 0.366 e. The lowest BCUT2D eigenvalue weighted by Gasteiger charge is -2.39. The van der Waals surface area contributed by atoms with E-state index in [-0.39, 0.29) is 0 Å². The molecule has 2 rings (SSSR count). The molecule has 4 heteroatoms. The predicted octanol–water partition coefficient (Wildman–Crippen LogP) is 2.51. The van der Waals surface area contributed by atoms with E-state index in [0.717, 1.165) is 17.6 Å². The highest BCUT2D eigenvalue weighted by Crippen LogP contribution is 2.26. The summed E-state index contributed by atoms with van der Waals surface area (Å²) >= 11 is 3.44. The van der Waals surface area contributed by atoms with Gasteiger partial charge in [0.15, 0.2) is 0 Å². The molecule has 1 aromatic carbocycles. The van der Waals surface area contributed by atoms with Gasteiger partial charge in [0.2, 0.25) is 0 Å². The van der Waals surface area contributed by atoms with Crippen LogP contribution in [0.15, 0.2) is 22.7 Å². The Hall–Kier alpha value is -1.05. The number of halogens is 1. The maximum atomic E-state index is 8.91. The Balaban J connectivity index is 2.27. The highest BCUT2D eigenvalue weighted by atomic mass is 79.9. The van der Waals surface area contributed by atoms with E-state index in [1.165, 1.54) is 5.69 Å². The van der Waals surface area contributed by atoms with Crippen LogP contribution in [0.2, 0.25) is 0 Å². The lowest BCUT2D eigenvalue weighted by atomic mass is 10.1. The third kappa shape index (κ3) is 2.62. The molecule has 17 heavy (non-hydrogen) atoms. The van der Waals surface area contributed by atoms with Gasteiger partial charge in [-0.05, 0) is 48.0 Å². The van der Waals surface area contributed by atoms with E-state index in [1.807, 2.05) is 18.2 Å². The van der Waals surface area contributed by atoms with E-state index in [1.54, 1.807) is 0 Å². The number of anilines is 1. The fourth-order valence-corrected chi connectivity index (χ4v) is 2.61. The molecule has 0 amide bonds. The molecule has 1 heterocycles. The quantitative estimate of drug-likeness (QED) is 0.865. The number of nitrogens with zero attached hydrogens (tertiary/aromatic N) is 2. The van der Waals surface area contributed by atoms with Crippen molar-refractivity contribution in [2.45, 2.75) is 25.9 Å². The van der Waals surface area contributed by atoms with E-state index in [2.05, 4.69) is 46.1 Å². The van der Waals surface area contributed by atoms with Crippen molar-refractivity contribution in [1.82, 2.24) is 5.32 Å². The molecule has 0 aromatic heterocycles. The summed E-state index contributed by atoms with van der Waals surface area (Å²) in [5.41, 5.74) is 1.86. The number of nitriles is 1. The number of nitrogens with one attached hydrogen (secondary N) is 1. The zero-order chi connectivity index (χ0) is 12.4. The number of hydrogen-bond donors (Lipinski definition) is 1. The Morgan fingerprint density at radius 1 is 1.47 bits per heavy atom. The number of piperazine rings is 1. The lowest BCUT2D eigenvalue weighted by molar-refractivity contribution is 0.425. The zero-order valence-corrected chi connectivity index (χ0v) is 11.7. The smallest absolute Gasteiger partial charge is 0.100 e. The molecule has 0 bridgehead atoms. The van der Waals surface area contributed by atoms with Gasteiger partial charge in [0.05, 0.1) is 5.56 Å². The standard InChI is InChI=1S/C13H16BrN3/c1-9-8-17(10(2)7-16-9)12-4-3-11(6-15)13(14)5-12/h3-5,9-10,16H,7-8H2,1-2H3. The summed E-state index contributed by atoms with van der Waals surface area (Å²) in [5.74, 6) is 0. The van der Waals surface area contributed by atoms with Gasteiger partial charge in [0, 0.05) is 35.3 Å². The van der Waals surface area contributed by atoms with Gasteiger partial charge in [-0.25, -0.2) is 0 Å². The van der Waals surface area contributed by atoms with Crippen molar-refractivity contribution < 1.29 is 0 Å². The van der Waals surface area contributed by atoms with Crippen molar-refractivity contribution >= 4 is 21.6 Å². The third-order valence-electron chi connectivity index (χ3n) is 3.17. The van der Waals surface area contributed by atoms with E-state index in [9.17, 15) is 0 Å². The van der Waals surface area contributed by atoms with Gasteiger partial charge in [-0.15, -0.1) is 0 Å². The maximum Gasteiger partial charge on any atom is 0.100 e. The fourth-order valence-electron chi connectivity index (χ4n) is 2.15. The Bertz CT molecular complexity index is 452. The van der Waals surface area contributed by atoms with Crippen LogP contribution >= 0.6 is 15.9 Å². The second-order valence-electron chi connectivity index (χ2n) is 4.59. The van der Waals surface area contributed by atoms with Crippen LogP contribution < -0.4 is 10.2 Å². The van der Waals surface area contributed by atoms with Crippen LogP contribution in [0.5, 0.6) is 0 Å². The Labute approximate surface area is 111 Å². The average Bonchev–Trinajstić information content (AvgIpc) is 2.32. The van der Waals surface area contributed by atoms with Crippen molar-refractivity contribution in [1.29, 1.82) is 5.26 Å². The summed E-state index contributed by atoms with van der Waals surface area (Å²) in [5, 5.41) is 12.4. The first kappa shape index (κ1) is 12.4. The molecule has 1 aliphatic rings. The molecule has 1 fully saturated rings. The van der Waals surface area contributed by atoms with E-state index >= 15 is 0 Å². The molecule has 2 atom stereocenters. The van der Waals surface area contributed by atoms with Crippen LogP contribution in [0.3, 0.4) is 0 Å². The molecular weight excluding hydrogens is 278 g/mol. The van der Waals surface area contributed by atoms with Crippen molar-refractivity contribution in [2.24, 2.45) is 0 Å². The third-order valence-corrected chi connectivity index (χ3v) is 3.83. The fraction of sp³-hybridized carbons (Fsp3) is 0.462. The molecule has 0 spiro atoms. The second kappa shape index (κ2) is 5.07. The first-order valence-electron chi connectivity index (χ1n) is 5.81. The van der Waals surface area contributed by atoms with Crippen LogP contribution in [0.4, 0.5) is 5.69 Å². The minimum atomic E-state index is 0.478.